The number of aromatic nitrogens is 1. The number of nitrogens with one attached hydrogen (secondary N) is 2. The van der Waals surface area contributed by atoms with Gasteiger partial charge < -0.3 is 15.5 Å². The summed E-state index contributed by atoms with van der Waals surface area (Å²) in [7, 11) is 0. The Kier molecular flexibility index (Phi) is 5.89. The molecule has 2 fully saturated rings. The first-order valence-electron chi connectivity index (χ1n) is 8.87. The molecule has 2 unspecified atom stereocenters. The number of carbonyl (C=O) groups excluding carboxylic acids is 1. The van der Waals surface area contributed by atoms with Crippen molar-refractivity contribution < 1.29 is 4.79 Å². The topological polar surface area (TPSA) is 57.3 Å². The molecule has 6 heteroatoms. The Morgan fingerprint density at radius 1 is 1.43 bits per heavy atom. The summed E-state index contributed by atoms with van der Waals surface area (Å²) >= 11 is 1.64. The molecule has 23 heavy (non-hydrogen) atoms. The predicted octanol–water partition coefficient (Wildman–Crippen LogP) is 2.81. The lowest BCUT2D eigenvalue weighted by atomic mass is 10.1. The van der Waals surface area contributed by atoms with Crippen LogP contribution in [0.1, 0.15) is 50.0 Å². The van der Waals surface area contributed by atoms with Gasteiger partial charge in [0.05, 0.1) is 5.01 Å². The van der Waals surface area contributed by atoms with Crippen LogP contribution in [0.25, 0.3) is 0 Å². The van der Waals surface area contributed by atoms with Crippen molar-refractivity contribution in [2.24, 2.45) is 5.92 Å². The normalized spacial score (nSPS) is 24.0. The van der Waals surface area contributed by atoms with E-state index in [4.69, 9.17) is 0 Å². The van der Waals surface area contributed by atoms with Crippen LogP contribution in [0, 0.1) is 5.92 Å². The van der Waals surface area contributed by atoms with Gasteiger partial charge in [-0.05, 0) is 25.2 Å². The highest BCUT2D eigenvalue weighted by Crippen LogP contribution is 2.26. The summed E-state index contributed by atoms with van der Waals surface area (Å²) in [6.45, 7) is 6.08. The van der Waals surface area contributed by atoms with Gasteiger partial charge in [0.15, 0.2) is 0 Å². The van der Waals surface area contributed by atoms with Gasteiger partial charge in [0.1, 0.15) is 0 Å². The number of thiazole rings is 1. The molecular formula is C17H28N4OS. The summed E-state index contributed by atoms with van der Waals surface area (Å²) in [6, 6.07) is 0.257. The van der Waals surface area contributed by atoms with Crippen LogP contribution in [-0.2, 0) is 0 Å². The molecule has 2 aliphatic rings. The monoisotopic (exact) mass is 336 g/mol. The Morgan fingerprint density at radius 3 is 3.00 bits per heavy atom. The number of likely N-dealkylation sites (tertiary alicyclic amines) is 1. The third kappa shape index (κ3) is 4.91. The largest absolute Gasteiger partial charge is 0.337 e. The first-order valence-corrected chi connectivity index (χ1v) is 9.75. The molecule has 1 aromatic rings. The molecule has 1 saturated carbocycles. The molecule has 1 aliphatic carbocycles. The van der Waals surface area contributed by atoms with Crippen LogP contribution in [0.2, 0.25) is 0 Å². The number of amides is 2. The summed E-state index contributed by atoms with van der Waals surface area (Å²) in [4.78, 5) is 18.9. The van der Waals surface area contributed by atoms with Crippen molar-refractivity contribution in [3.63, 3.8) is 0 Å². The first-order chi connectivity index (χ1) is 11.2. The molecule has 5 nitrogen and oxygen atoms in total. The fraction of sp³-hybridized carbons (Fsp3) is 0.765. The van der Waals surface area contributed by atoms with Gasteiger partial charge in [-0.2, -0.15) is 0 Å². The summed E-state index contributed by atoms with van der Waals surface area (Å²) in [5.41, 5.74) is 0. The smallest absolute Gasteiger partial charge is 0.315 e. The molecule has 1 aromatic heterocycles. The number of urea groups is 1. The van der Waals surface area contributed by atoms with Crippen molar-refractivity contribution in [2.45, 2.75) is 51.0 Å². The van der Waals surface area contributed by atoms with E-state index in [2.05, 4.69) is 27.4 Å². The lowest BCUT2D eigenvalue weighted by Gasteiger charge is -2.20. The van der Waals surface area contributed by atoms with Gasteiger partial charge in [-0.3, -0.25) is 0 Å². The maximum Gasteiger partial charge on any atom is 0.315 e. The van der Waals surface area contributed by atoms with Gasteiger partial charge in [0, 0.05) is 49.7 Å². The highest BCUT2D eigenvalue weighted by atomic mass is 32.1. The number of hydrogen-bond acceptors (Lipinski definition) is 4. The number of rotatable bonds is 6. The number of nitrogens with zero attached hydrogens (tertiary/aromatic N) is 2. The fourth-order valence-corrected chi connectivity index (χ4v) is 4.42. The van der Waals surface area contributed by atoms with Crippen LogP contribution in [0.3, 0.4) is 0 Å². The van der Waals surface area contributed by atoms with Crippen molar-refractivity contribution in [1.29, 1.82) is 0 Å². The van der Waals surface area contributed by atoms with E-state index in [0.29, 0.717) is 12.6 Å². The molecule has 2 atom stereocenters. The molecule has 0 bridgehead atoms. The highest BCUT2D eigenvalue weighted by molar-refractivity contribution is 7.09. The Hall–Kier alpha value is -1.14. The lowest BCUT2D eigenvalue weighted by molar-refractivity contribution is 0.234. The predicted molar refractivity (Wildman–Crippen MR) is 93.9 cm³/mol. The van der Waals surface area contributed by atoms with Gasteiger partial charge in [0.2, 0.25) is 0 Å². The quantitative estimate of drug-likeness (QED) is 0.840. The zero-order valence-electron chi connectivity index (χ0n) is 14.0. The Morgan fingerprint density at radius 2 is 2.26 bits per heavy atom. The number of hydrogen-bond donors (Lipinski definition) is 2. The molecule has 2 heterocycles. The summed E-state index contributed by atoms with van der Waals surface area (Å²) in [6.07, 6.45) is 8.48. The third-order valence-corrected chi connectivity index (χ3v) is 6.05. The Labute approximate surface area is 142 Å². The van der Waals surface area contributed by atoms with E-state index in [-0.39, 0.29) is 11.9 Å². The van der Waals surface area contributed by atoms with Gasteiger partial charge in [-0.25, -0.2) is 9.78 Å². The van der Waals surface area contributed by atoms with E-state index >= 15 is 0 Å². The summed E-state index contributed by atoms with van der Waals surface area (Å²) < 4.78 is 0. The summed E-state index contributed by atoms with van der Waals surface area (Å²) in [5, 5.41) is 9.16. The third-order valence-electron chi connectivity index (χ3n) is 5.04. The van der Waals surface area contributed by atoms with Crippen LogP contribution in [0.5, 0.6) is 0 Å². The fourth-order valence-electron chi connectivity index (χ4n) is 3.72. The second-order valence-corrected chi connectivity index (χ2v) is 7.95. The molecule has 0 spiro atoms. The zero-order chi connectivity index (χ0) is 16.1. The lowest BCUT2D eigenvalue weighted by Crippen LogP contribution is -2.44. The molecule has 1 aliphatic heterocycles. The minimum atomic E-state index is -0.0406. The van der Waals surface area contributed by atoms with Crippen molar-refractivity contribution in [2.75, 3.05) is 26.2 Å². The van der Waals surface area contributed by atoms with Crippen molar-refractivity contribution in [3.05, 3.63) is 16.6 Å². The van der Waals surface area contributed by atoms with E-state index in [0.717, 1.165) is 30.4 Å². The van der Waals surface area contributed by atoms with Gasteiger partial charge in [-0.15, -0.1) is 11.3 Å². The summed E-state index contributed by atoms with van der Waals surface area (Å²) in [5.74, 6) is 1.16. The van der Waals surface area contributed by atoms with Gasteiger partial charge in [0.25, 0.3) is 0 Å². The Balaban J connectivity index is 1.34. The molecule has 2 N–H and O–H groups in total. The van der Waals surface area contributed by atoms with Crippen LogP contribution >= 0.6 is 11.3 Å². The first kappa shape index (κ1) is 16.7. The van der Waals surface area contributed by atoms with Gasteiger partial charge in [-0.1, -0.05) is 19.8 Å². The average Bonchev–Trinajstić information content (AvgIpc) is 3.28. The van der Waals surface area contributed by atoms with Crippen LogP contribution in [0.4, 0.5) is 4.79 Å². The van der Waals surface area contributed by atoms with Gasteiger partial charge >= 0.3 is 6.03 Å². The molecule has 128 valence electrons. The SMILES string of the molecule is CC(CNC(=O)NC1CCN(CC2CCCC2)C1)c1nccs1. The zero-order valence-corrected chi connectivity index (χ0v) is 14.8. The van der Waals surface area contributed by atoms with Crippen molar-refractivity contribution >= 4 is 17.4 Å². The molecule has 0 aromatic carbocycles. The van der Waals surface area contributed by atoms with E-state index in [1.165, 1.54) is 32.2 Å². The maximum absolute atomic E-state index is 12.1. The molecule has 1 saturated heterocycles. The van der Waals surface area contributed by atoms with Crippen LogP contribution in [-0.4, -0.2) is 48.1 Å². The molecular weight excluding hydrogens is 308 g/mol. The minimum Gasteiger partial charge on any atom is -0.337 e. The van der Waals surface area contributed by atoms with Crippen LogP contribution < -0.4 is 10.6 Å². The standard InChI is InChI=1S/C17H28N4OS/c1-13(16-18-7-9-23-16)10-19-17(22)20-15-6-8-21(12-15)11-14-4-2-3-5-14/h7,9,13-15H,2-6,8,10-12H2,1H3,(H2,19,20,22). The molecule has 0 radical (unpaired) electrons. The minimum absolute atomic E-state index is 0.0406. The molecule has 3 rings (SSSR count). The van der Waals surface area contributed by atoms with E-state index in [1.807, 2.05) is 11.6 Å². The van der Waals surface area contributed by atoms with Crippen LogP contribution in [0.15, 0.2) is 11.6 Å². The molecule has 2 amide bonds. The van der Waals surface area contributed by atoms with Crippen molar-refractivity contribution in [3.8, 4) is 0 Å². The number of carbonyl (C=O) groups is 1. The second-order valence-electron chi connectivity index (χ2n) is 7.02. The van der Waals surface area contributed by atoms with E-state index in [9.17, 15) is 4.79 Å². The van der Waals surface area contributed by atoms with E-state index < -0.39 is 0 Å². The highest BCUT2D eigenvalue weighted by Gasteiger charge is 2.26. The second kappa shape index (κ2) is 8.11. The van der Waals surface area contributed by atoms with Crippen molar-refractivity contribution in [1.82, 2.24) is 20.5 Å². The maximum atomic E-state index is 12.1. The Bertz CT molecular complexity index is 487. The van der Waals surface area contributed by atoms with E-state index in [1.54, 1.807) is 11.3 Å². The average molecular weight is 337 g/mol.